The molecule has 0 saturated carbocycles. The van der Waals surface area contributed by atoms with Gasteiger partial charge in [-0.05, 0) is 35.6 Å². The van der Waals surface area contributed by atoms with Crippen molar-refractivity contribution >= 4 is 23.4 Å². The Bertz CT molecular complexity index is 637. The van der Waals surface area contributed by atoms with Crippen LogP contribution in [0.15, 0.2) is 48.5 Å². The molecule has 0 unspecified atom stereocenters. The van der Waals surface area contributed by atoms with Crippen molar-refractivity contribution in [3.8, 4) is 0 Å². The van der Waals surface area contributed by atoms with Crippen LogP contribution >= 0.6 is 11.8 Å². The molecule has 1 N–H and O–H groups in total. The molecule has 0 radical (unpaired) electrons. The number of para-hydroxylation sites is 1. The van der Waals surface area contributed by atoms with E-state index in [1.807, 2.05) is 30.3 Å². The summed E-state index contributed by atoms with van der Waals surface area (Å²) < 4.78 is 0. The lowest BCUT2D eigenvalue weighted by Gasteiger charge is -2.13. The van der Waals surface area contributed by atoms with Crippen LogP contribution in [0.5, 0.6) is 0 Å². The van der Waals surface area contributed by atoms with Gasteiger partial charge in [-0.3, -0.25) is 4.79 Å². The lowest BCUT2D eigenvalue weighted by atomic mass is 10.0. The van der Waals surface area contributed by atoms with Gasteiger partial charge in [-0.25, -0.2) is 0 Å². The minimum Gasteiger partial charge on any atom is -0.325 e. The van der Waals surface area contributed by atoms with E-state index in [-0.39, 0.29) is 5.91 Å². The monoisotopic (exact) mass is 313 g/mol. The first-order valence-corrected chi connectivity index (χ1v) is 8.74. The predicted molar refractivity (Wildman–Crippen MR) is 96.5 cm³/mol. The summed E-state index contributed by atoms with van der Waals surface area (Å²) in [6.07, 6.45) is 0. The van der Waals surface area contributed by atoms with E-state index in [0.29, 0.717) is 11.7 Å². The van der Waals surface area contributed by atoms with Gasteiger partial charge < -0.3 is 5.32 Å². The van der Waals surface area contributed by atoms with Gasteiger partial charge in [0.05, 0.1) is 5.75 Å². The summed E-state index contributed by atoms with van der Waals surface area (Å²) in [5, 5.41) is 3.03. The van der Waals surface area contributed by atoms with Crippen molar-refractivity contribution in [1.29, 1.82) is 0 Å². The van der Waals surface area contributed by atoms with E-state index in [2.05, 4.69) is 44.3 Å². The minimum atomic E-state index is 0.0617. The van der Waals surface area contributed by atoms with E-state index < -0.39 is 0 Å². The van der Waals surface area contributed by atoms with Crippen molar-refractivity contribution in [1.82, 2.24) is 0 Å². The maximum absolute atomic E-state index is 12.1. The smallest absolute Gasteiger partial charge is 0.234 e. The quantitative estimate of drug-likeness (QED) is 0.814. The van der Waals surface area contributed by atoms with Gasteiger partial charge in [0.25, 0.3) is 0 Å². The molecular formula is C19H23NOS. The van der Waals surface area contributed by atoms with Gasteiger partial charge in [-0.1, -0.05) is 56.3 Å². The van der Waals surface area contributed by atoms with Gasteiger partial charge in [-0.2, -0.15) is 0 Å². The highest BCUT2D eigenvalue weighted by Crippen LogP contribution is 2.24. The Balaban J connectivity index is 1.88. The zero-order valence-electron chi connectivity index (χ0n) is 13.4. The second kappa shape index (κ2) is 8.04. The Labute approximate surface area is 137 Å². The van der Waals surface area contributed by atoms with Crippen molar-refractivity contribution in [2.75, 3.05) is 11.1 Å². The zero-order chi connectivity index (χ0) is 15.9. The molecule has 0 atom stereocenters. The largest absolute Gasteiger partial charge is 0.325 e. The standard InChI is InChI=1S/C19H23NOS/c1-14(2)17-10-6-7-11-18(17)20-19(21)13-22-12-16-9-5-4-8-15(16)3/h4-11,14H,12-13H2,1-3H3,(H,20,21). The molecule has 22 heavy (non-hydrogen) atoms. The van der Waals surface area contributed by atoms with Crippen LogP contribution in [0.25, 0.3) is 0 Å². The van der Waals surface area contributed by atoms with E-state index in [1.165, 1.54) is 16.7 Å². The minimum absolute atomic E-state index is 0.0617. The van der Waals surface area contributed by atoms with E-state index in [0.717, 1.165) is 11.4 Å². The first-order chi connectivity index (χ1) is 10.6. The van der Waals surface area contributed by atoms with Crippen molar-refractivity contribution < 1.29 is 4.79 Å². The second-order valence-electron chi connectivity index (χ2n) is 5.71. The molecule has 0 aromatic heterocycles. The lowest BCUT2D eigenvalue weighted by molar-refractivity contribution is -0.113. The summed E-state index contributed by atoms with van der Waals surface area (Å²) in [6, 6.07) is 16.3. The summed E-state index contributed by atoms with van der Waals surface area (Å²) in [4.78, 5) is 12.1. The number of anilines is 1. The molecule has 0 bridgehead atoms. The number of nitrogens with one attached hydrogen (secondary N) is 1. The molecule has 2 rings (SSSR count). The summed E-state index contributed by atoms with van der Waals surface area (Å²) in [5.41, 5.74) is 4.68. The number of hydrogen-bond acceptors (Lipinski definition) is 2. The molecule has 2 aromatic carbocycles. The number of benzene rings is 2. The fourth-order valence-electron chi connectivity index (χ4n) is 2.33. The third kappa shape index (κ3) is 4.63. The molecular weight excluding hydrogens is 290 g/mol. The molecule has 0 heterocycles. The van der Waals surface area contributed by atoms with Gasteiger partial charge in [-0.15, -0.1) is 11.8 Å². The molecule has 0 aliphatic carbocycles. The molecule has 2 nitrogen and oxygen atoms in total. The summed E-state index contributed by atoms with van der Waals surface area (Å²) in [7, 11) is 0. The van der Waals surface area contributed by atoms with Crippen molar-refractivity contribution in [2.45, 2.75) is 32.4 Å². The molecule has 0 fully saturated rings. The number of aryl methyl sites for hydroxylation is 1. The Morgan fingerprint density at radius 2 is 1.77 bits per heavy atom. The van der Waals surface area contributed by atoms with Gasteiger partial charge in [0.2, 0.25) is 5.91 Å². The molecule has 0 aliphatic heterocycles. The second-order valence-corrected chi connectivity index (χ2v) is 6.70. The number of carbonyl (C=O) groups is 1. The average Bonchev–Trinajstić information content (AvgIpc) is 2.49. The van der Waals surface area contributed by atoms with Crippen molar-refractivity contribution in [3.63, 3.8) is 0 Å². The van der Waals surface area contributed by atoms with E-state index in [9.17, 15) is 4.79 Å². The van der Waals surface area contributed by atoms with E-state index in [4.69, 9.17) is 0 Å². The Morgan fingerprint density at radius 1 is 1.09 bits per heavy atom. The van der Waals surface area contributed by atoms with Crippen LogP contribution in [0, 0.1) is 6.92 Å². The van der Waals surface area contributed by atoms with E-state index in [1.54, 1.807) is 11.8 Å². The molecule has 116 valence electrons. The van der Waals surface area contributed by atoms with Crippen LogP contribution in [0.1, 0.15) is 36.5 Å². The molecule has 0 spiro atoms. The van der Waals surface area contributed by atoms with Crippen LogP contribution in [0.3, 0.4) is 0 Å². The Morgan fingerprint density at radius 3 is 2.50 bits per heavy atom. The average molecular weight is 313 g/mol. The lowest BCUT2D eigenvalue weighted by Crippen LogP contribution is -2.15. The first kappa shape index (κ1) is 16.6. The van der Waals surface area contributed by atoms with Gasteiger partial charge >= 0.3 is 0 Å². The number of rotatable bonds is 6. The first-order valence-electron chi connectivity index (χ1n) is 7.59. The molecule has 3 heteroatoms. The summed E-state index contributed by atoms with van der Waals surface area (Å²) >= 11 is 1.65. The maximum Gasteiger partial charge on any atom is 0.234 e. The highest BCUT2D eigenvalue weighted by molar-refractivity contribution is 7.99. The van der Waals surface area contributed by atoms with E-state index >= 15 is 0 Å². The SMILES string of the molecule is Cc1ccccc1CSCC(=O)Nc1ccccc1C(C)C. The number of thioether (sulfide) groups is 1. The topological polar surface area (TPSA) is 29.1 Å². The van der Waals surface area contributed by atoms with Crippen LogP contribution in [0.2, 0.25) is 0 Å². The van der Waals surface area contributed by atoms with Gasteiger partial charge in [0, 0.05) is 11.4 Å². The zero-order valence-corrected chi connectivity index (χ0v) is 14.2. The Hall–Kier alpha value is -1.74. The van der Waals surface area contributed by atoms with Crippen LogP contribution in [-0.4, -0.2) is 11.7 Å². The van der Waals surface area contributed by atoms with Crippen LogP contribution in [-0.2, 0) is 10.5 Å². The third-order valence-corrected chi connectivity index (χ3v) is 4.59. The molecule has 0 saturated heterocycles. The Kier molecular flexibility index (Phi) is 6.08. The fourth-order valence-corrected chi connectivity index (χ4v) is 3.23. The number of carbonyl (C=O) groups excluding carboxylic acids is 1. The maximum atomic E-state index is 12.1. The number of amides is 1. The normalized spacial score (nSPS) is 10.7. The van der Waals surface area contributed by atoms with Gasteiger partial charge in [0.15, 0.2) is 0 Å². The van der Waals surface area contributed by atoms with Gasteiger partial charge in [0.1, 0.15) is 0 Å². The van der Waals surface area contributed by atoms with Crippen LogP contribution in [0.4, 0.5) is 5.69 Å². The molecule has 1 amide bonds. The molecule has 2 aromatic rings. The molecule has 0 aliphatic rings. The highest BCUT2D eigenvalue weighted by Gasteiger charge is 2.09. The summed E-state index contributed by atoms with van der Waals surface area (Å²) in [6.45, 7) is 6.38. The fraction of sp³-hybridized carbons (Fsp3) is 0.316. The highest BCUT2D eigenvalue weighted by atomic mass is 32.2. The summed E-state index contributed by atoms with van der Waals surface area (Å²) in [5.74, 6) is 1.80. The van der Waals surface area contributed by atoms with Crippen molar-refractivity contribution in [2.24, 2.45) is 0 Å². The van der Waals surface area contributed by atoms with Crippen LogP contribution < -0.4 is 5.32 Å². The van der Waals surface area contributed by atoms with Crippen molar-refractivity contribution in [3.05, 3.63) is 65.2 Å². The predicted octanol–water partition coefficient (Wildman–Crippen LogP) is 4.99. The third-order valence-electron chi connectivity index (χ3n) is 3.61. The number of hydrogen-bond donors (Lipinski definition) is 1.